The third-order valence-electron chi connectivity index (χ3n) is 3.18. The van der Waals surface area contributed by atoms with Crippen LogP contribution in [0.2, 0.25) is 0 Å². The van der Waals surface area contributed by atoms with Crippen LogP contribution >= 0.6 is 31.9 Å². The van der Waals surface area contributed by atoms with Crippen LogP contribution < -0.4 is 5.32 Å². The van der Waals surface area contributed by atoms with Crippen LogP contribution in [0.4, 0.5) is 0 Å². The maximum atomic E-state index is 3.62. The molecule has 0 amide bonds. The Balaban J connectivity index is 2.00. The van der Waals surface area contributed by atoms with Gasteiger partial charge in [-0.2, -0.15) is 0 Å². The standard InChI is InChI=1S/C16H17Br2N/c1-11-3-4-14(16(18)9-11)10-19-12(2)13-5-7-15(17)8-6-13/h3-9,12,19H,10H2,1-2H3/t12-/m1/s1. The summed E-state index contributed by atoms with van der Waals surface area (Å²) in [5, 5.41) is 3.55. The topological polar surface area (TPSA) is 12.0 Å². The fourth-order valence-electron chi connectivity index (χ4n) is 1.93. The number of rotatable bonds is 4. The predicted molar refractivity (Wildman–Crippen MR) is 88.3 cm³/mol. The molecule has 0 spiro atoms. The van der Waals surface area contributed by atoms with Gasteiger partial charge in [-0.05, 0) is 48.7 Å². The molecule has 1 N–H and O–H groups in total. The van der Waals surface area contributed by atoms with Crippen molar-refractivity contribution >= 4 is 31.9 Å². The first-order valence-corrected chi connectivity index (χ1v) is 7.89. The van der Waals surface area contributed by atoms with Crippen LogP contribution in [-0.4, -0.2) is 0 Å². The lowest BCUT2D eigenvalue weighted by molar-refractivity contribution is 0.573. The van der Waals surface area contributed by atoms with Crippen LogP contribution in [0.3, 0.4) is 0 Å². The number of aryl methyl sites for hydroxylation is 1. The van der Waals surface area contributed by atoms with Crippen molar-refractivity contribution in [2.75, 3.05) is 0 Å². The zero-order chi connectivity index (χ0) is 13.8. The summed E-state index contributed by atoms with van der Waals surface area (Å²) in [6.45, 7) is 5.15. The average Bonchev–Trinajstić information content (AvgIpc) is 2.38. The molecule has 3 heteroatoms. The van der Waals surface area contributed by atoms with Crippen molar-refractivity contribution < 1.29 is 0 Å². The van der Waals surface area contributed by atoms with Crippen molar-refractivity contribution in [3.05, 3.63) is 68.1 Å². The third kappa shape index (κ3) is 4.16. The average molecular weight is 383 g/mol. The second-order valence-electron chi connectivity index (χ2n) is 4.75. The summed E-state index contributed by atoms with van der Waals surface area (Å²) >= 11 is 7.08. The van der Waals surface area contributed by atoms with Gasteiger partial charge in [0.05, 0.1) is 0 Å². The van der Waals surface area contributed by atoms with Crippen LogP contribution in [0.1, 0.15) is 29.7 Å². The van der Waals surface area contributed by atoms with Gasteiger partial charge in [0.2, 0.25) is 0 Å². The molecule has 100 valence electrons. The molecule has 0 aliphatic rings. The van der Waals surface area contributed by atoms with Crippen LogP contribution in [0.25, 0.3) is 0 Å². The first-order chi connectivity index (χ1) is 9.06. The van der Waals surface area contributed by atoms with Crippen molar-refractivity contribution in [1.82, 2.24) is 5.32 Å². The highest BCUT2D eigenvalue weighted by atomic mass is 79.9. The van der Waals surface area contributed by atoms with Crippen molar-refractivity contribution in [3.63, 3.8) is 0 Å². The van der Waals surface area contributed by atoms with Gasteiger partial charge in [-0.1, -0.05) is 56.1 Å². The third-order valence-corrected chi connectivity index (χ3v) is 4.44. The van der Waals surface area contributed by atoms with E-state index in [-0.39, 0.29) is 0 Å². The monoisotopic (exact) mass is 381 g/mol. The Kier molecular flexibility index (Phi) is 5.20. The Morgan fingerprint density at radius 2 is 1.74 bits per heavy atom. The summed E-state index contributed by atoms with van der Waals surface area (Å²) in [5.41, 5.74) is 3.86. The minimum atomic E-state index is 0.335. The molecule has 2 rings (SSSR count). The van der Waals surface area contributed by atoms with Gasteiger partial charge in [0.1, 0.15) is 0 Å². The maximum absolute atomic E-state index is 3.62. The summed E-state index contributed by atoms with van der Waals surface area (Å²) in [6.07, 6.45) is 0. The van der Waals surface area contributed by atoms with Crippen LogP contribution in [-0.2, 0) is 6.54 Å². The van der Waals surface area contributed by atoms with Gasteiger partial charge in [0.15, 0.2) is 0 Å². The molecule has 0 bridgehead atoms. The van der Waals surface area contributed by atoms with Gasteiger partial charge >= 0.3 is 0 Å². The molecule has 19 heavy (non-hydrogen) atoms. The van der Waals surface area contributed by atoms with Crippen molar-refractivity contribution in [3.8, 4) is 0 Å². The van der Waals surface area contributed by atoms with Crippen molar-refractivity contribution in [2.24, 2.45) is 0 Å². The highest BCUT2D eigenvalue weighted by Crippen LogP contribution is 2.20. The van der Waals surface area contributed by atoms with E-state index in [1.807, 2.05) is 0 Å². The van der Waals surface area contributed by atoms with Gasteiger partial charge in [0.25, 0.3) is 0 Å². The molecule has 0 heterocycles. The fraction of sp³-hybridized carbons (Fsp3) is 0.250. The highest BCUT2D eigenvalue weighted by Gasteiger charge is 2.06. The van der Waals surface area contributed by atoms with Gasteiger partial charge < -0.3 is 5.32 Å². The minimum Gasteiger partial charge on any atom is -0.306 e. The Morgan fingerprint density at radius 3 is 2.37 bits per heavy atom. The summed E-state index contributed by atoms with van der Waals surface area (Å²) in [7, 11) is 0. The molecule has 0 radical (unpaired) electrons. The second kappa shape index (κ2) is 6.69. The molecular formula is C16H17Br2N. The van der Waals surface area contributed by atoms with E-state index in [1.165, 1.54) is 21.2 Å². The largest absolute Gasteiger partial charge is 0.306 e. The molecule has 2 aromatic rings. The molecule has 0 aliphatic heterocycles. The number of halogens is 2. The number of nitrogens with one attached hydrogen (secondary N) is 1. The van der Waals surface area contributed by atoms with E-state index in [2.05, 4.69) is 93.5 Å². The molecule has 0 saturated carbocycles. The minimum absolute atomic E-state index is 0.335. The van der Waals surface area contributed by atoms with Gasteiger partial charge in [-0.25, -0.2) is 0 Å². The first kappa shape index (κ1) is 14.8. The molecule has 0 fully saturated rings. The Bertz CT molecular complexity index is 549. The molecule has 1 nitrogen and oxygen atoms in total. The lowest BCUT2D eigenvalue weighted by Crippen LogP contribution is -2.18. The summed E-state index contributed by atoms with van der Waals surface area (Å²) in [6, 6.07) is 15.2. The number of hydrogen-bond donors (Lipinski definition) is 1. The molecule has 0 unspecified atom stereocenters. The Labute approximate surface area is 131 Å². The van der Waals surface area contributed by atoms with Crippen molar-refractivity contribution in [2.45, 2.75) is 26.4 Å². The zero-order valence-corrected chi connectivity index (χ0v) is 14.3. The summed E-state index contributed by atoms with van der Waals surface area (Å²) in [5.74, 6) is 0. The predicted octanol–water partition coefficient (Wildman–Crippen LogP) is 5.37. The summed E-state index contributed by atoms with van der Waals surface area (Å²) in [4.78, 5) is 0. The van der Waals surface area contributed by atoms with Crippen LogP contribution in [0.15, 0.2) is 51.4 Å². The van der Waals surface area contributed by atoms with E-state index < -0.39 is 0 Å². The van der Waals surface area contributed by atoms with Crippen molar-refractivity contribution in [1.29, 1.82) is 0 Å². The van der Waals surface area contributed by atoms with Crippen LogP contribution in [0.5, 0.6) is 0 Å². The van der Waals surface area contributed by atoms with E-state index in [1.54, 1.807) is 0 Å². The smallest absolute Gasteiger partial charge is 0.0294 e. The van der Waals surface area contributed by atoms with E-state index in [0.29, 0.717) is 6.04 Å². The molecule has 0 saturated heterocycles. The zero-order valence-electron chi connectivity index (χ0n) is 11.1. The van der Waals surface area contributed by atoms with Gasteiger partial charge in [-0.3, -0.25) is 0 Å². The number of hydrogen-bond acceptors (Lipinski definition) is 1. The normalized spacial score (nSPS) is 12.4. The Hall–Kier alpha value is -0.640. The number of benzene rings is 2. The molecule has 0 aliphatic carbocycles. The van der Waals surface area contributed by atoms with Gasteiger partial charge in [0, 0.05) is 21.5 Å². The molecule has 0 aromatic heterocycles. The fourth-order valence-corrected chi connectivity index (χ4v) is 2.83. The quantitative estimate of drug-likeness (QED) is 0.749. The van der Waals surface area contributed by atoms with E-state index >= 15 is 0 Å². The summed E-state index contributed by atoms with van der Waals surface area (Å²) < 4.78 is 2.28. The lowest BCUT2D eigenvalue weighted by Gasteiger charge is -2.15. The molecule has 2 aromatic carbocycles. The maximum Gasteiger partial charge on any atom is 0.0294 e. The highest BCUT2D eigenvalue weighted by molar-refractivity contribution is 9.10. The van der Waals surface area contributed by atoms with E-state index in [9.17, 15) is 0 Å². The van der Waals surface area contributed by atoms with E-state index in [0.717, 1.165) is 11.0 Å². The van der Waals surface area contributed by atoms with Gasteiger partial charge in [-0.15, -0.1) is 0 Å². The molecular weight excluding hydrogens is 366 g/mol. The first-order valence-electron chi connectivity index (χ1n) is 6.30. The van der Waals surface area contributed by atoms with Crippen LogP contribution in [0, 0.1) is 6.92 Å². The lowest BCUT2D eigenvalue weighted by atomic mass is 10.1. The Morgan fingerprint density at radius 1 is 1.05 bits per heavy atom. The molecule has 1 atom stereocenters. The SMILES string of the molecule is Cc1ccc(CN[C@H](C)c2ccc(Br)cc2)c(Br)c1. The second-order valence-corrected chi connectivity index (χ2v) is 6.52. The van der Waals surface area contributed by atoms with E-state index in [4.69, 9.17) is 0 Å².